The first kappa shape index (κ1) is 17.5. The molecule has 0 saturated carbocycles. The first-order chi connectivity index (χ1) is 12.3. The number of guanidine groups is 1. The van der Waals surface area contributed by atoms with Gasteiger partial charge in [0.1, 0.15) is 0 Å². The summed E-state index contributed by atoms with van der Waals surface area (Å²) in [6.45, 7) is 2.54. The van der Waals surface area contributed by atoms with E-state index in [2.05, 4.69) is 51.3 Å². The first-order valence-corrected chi connectivity index (χ1v) is 9.45. The summed E-state index contributed by atoms with van der Waals surface area (Å²) in [7, 11) is 1.72. The smallest absolute Gasteiger partial charge is 0.242 e. The molecule has 0 saturated heterocycles. The quantitative estimate of drug-likeness (QED) is 0.637. The summed E-state index contributed by atoms with van der Waals surface area (Å²) in [5.74, 6) is 0.776. The van der Waals surface area contributed by atoms with Crippen molar-refractivity contribution in [3.63, 3.8) is 0 Å². The summed E-state index contributed by atoms with van der Waals surface area (Å²) in [4.78, 5) is 19.9. The lowest BCUT2D eigenvalue weighted by atomic mass is 10.00. The number of amides is 1. The molecule has 3 rings (SSSR count). The van der Waals surface area contributed by atoms with Gasteiger partial charge < -0.3 is 15.5 Å². The maximum Gasteiger partial charge on any atom is 0.242 e. The summed E-state index contributed by atoms with van der Waals surface area (Å²) in [5.41, 5.74) is 2.60. The zero-order valence-electron chi connectivity index (χ0n) is 14.5. The molecule has 0 fully saturated rings. The molecule has 25 heavy (non-hydrogen) atoms. The molecule has 2 aromatic rings. The van der Waals surface area contributed by atoms with Crippen LogP contribution >= 0.6 is 11.3 Å². The first-order valence-electron chi connectivity index (χ1n) is 8.57. The minimum Gasteiger partial charge on any atom is -0.356 e. The second-order valence-corrected chi connectivity index (χ2v) is 7.05. The molecule has 0 spiro atoms. The predicted octanol–water partition coefficient (Wildman–Crippen LogP) is 2.04. The van der Waals surface area contributed by atoms with Gasteiger partial charge in [0.2, 0.25) is 5.91 Å². The maximum absolute atomic E-state index is 12.5. The minimum atomic E-state index is 0.107. The summed E-state index contributed by atoms with van der Waals surface area (Å²) in [6.07, 6.45) is 1.88. The van der Waals surface area contributed by atoms with Crippen LogP contribution in [0.15, 0.2) is 46.8 Å². The summed E-state index contributed by atoms with van der Waals surface area (Å²) in [6, 6.07) is 12.5. The van der Waals surface area contributed by atoms with Crippen LogP contribution in [0.25, 0.3) is 0 Å². The van der Waals surface area contributed by atoms with Crippen molar-refractivity contribution in [2.45, 2.75) is 19.4 Å². The van der Waals surface area contributed by atoms with Crippen LogP contribution < -0.4 is 10.6 Å². The number of thiophene rings is 1. The molecule has 0 aliphatic carbocycles. The van der Waals surface area contributed by atoms with Gasteiger partial charge in [-0.2, -0.15) is 0 Å². The van der Waals surface area contributed by atoms with E-state index in [-0.39, 0.29) is 12.5 Å². The lowest BCUT2D eigenvalue weighted by Crippen LogP contribution is -2.46. The van der Waals surface area contributed by atoms with Crippen molar-refractivity contribution in [1.29, 1.82) is 0 Å². The van der Waals surface area contributed by atoms with Crippen LogP contribution in [-0.2, 0) is 24.2 Å². The van der Waals surface area contributed by atoms with Crippen LogP contribution in [0.5, 0.6) is 0 Å². The number of aliphatic imine (C=N–C) groups is 1. The number of nitrogens with one attached hydrogen (secondary N) is 2. The molecule has 1 amide bonds. The molecule has 1 aromatic carbocycles. The number of benzene rings is 1. The van der Waals surface area contributed by atoms with E-state index in [1.54, 1.807) is 18.4 Å². The van der Waals surface area contributed by atoms with Gasteiger partial charge in [-0.15, -0.1) is 11.3 Å². The van der Waals surface area contributed by atoms with E-state index in [0.717, 1.165) is 25.9 Å². The number of hydrogen-bond donors (Lipinski definition) is 2. The molecule has 0 bridgehead atoms. The number of rotatable bonds is 5. The van der Waals surface area contributed by atoms with Crippen molar-refractivity contribution in [3.8, 4) is 0 Å². The van der Waals surface area contributed by atoms with Gasteiger partial charge in [-0.1, -0.05) is 30.3 Å². The third-order valence-electron chi connectivity index (χ3n) is 4.36. The van der Waals surface area contributed by atoms with E-state index in [9.17, 15) is 4.79 Å². The van der Waals surface area contributed by atoms with Gasteiger partial charge in [0, 0.05) is 31.6 Å². The molecule has 0 radical (unpaired) electrons. The predicted molar refractivity (Wildman–Crippen MR) is 103 cm³/mol. The van der Waals surface area contributed by atoms with Crippen molar-refractivity contribution in [3.05, 3.63) is 57.8 Å². The van der Waals surface area contributed by atoms with Gasteiger partial charge in [-0.3, -0.25) is 9.79 Å². The topological polar surface area (TPSA) is 56.7 Å². The van der Waals surface area contributed by atoms with Crippen molar-refractivity contribution in [2.75, 3.05) is 26.7 Å². The third kappa shape index (κ3) is 4.82. The van der Waals surface area contributed by atoms with Gasteiger partial charge in [-0.05, 0) is 35.4 Å². The van der Waals surface area contributed by atoms with Gasteiger partial charge in [0.25, 0.3) is 0 Å². The fourth-order valence-corrected chi connectivity index (χ4v) is 3.67. The summed E-state index contributed by atoms with van der Waals surface area (Å²) >= 11 is 1.75. The molecular weight excluding hydrogens is 332 g/mol. The molecule has 0 unspecified atom stereocenters. The molecule has 1 aliphatic rings. The van der Waals surface area contributed by atoms with E-state index in [1.807, 2.05) is 11.0 Å². The minimum absolute atomic E-state index is 0.107. The fraction of sp³-hybridized carbons (Fsp3) is 0.368. The molecule has 132 valence electrons. The Balaban J connectivity index is 1.43. The van der Waals surface area contributed by atoms with Crippen LogP contribution in [0.4, 0.5) is 0 Å². The summed E-state index contributed by atoms with van der Waals surface area (Å²) in [5, 5.41) is 8.46. The van der Waals surface area contributed by atoms with E-state index in [1.165, 1.54) is 16.0 Å². The van der Waals surface area contributed by atoms with Crippen LogP contribution in [-0.4, -0.2) is 43.4 Å². The zero-order chi connectivity index (χ0) is 17.5. The largest absolute Gasteiger partial charge is 0.356 e. The average molecular weight is 356 g/mol. The number of fused-ring (bicyclic) bond motifs is 1. The Morgan fingerprint density at radius 3 is 2.80 bits per heavy atom. The van der Waals surface area contributed by atoms with Gasteiger partial charge in [0.15, 0.2) is 5.96 Å². The highest BCUT2D eigenvalue weighted by Crippen LogP contribution is 2.18. The van der Waals surface area contributed by atoms with Gasteiger partial charge in [0.05, 0.1) is 6.54 Å². The molecule has 2 heterocycles. The maximum atomic E-state index is 12.5. The van der Waals surface area contributed by atoms with E-state index < -0.39 is 0 Å². The van der Waals surface area contributed by atoms with Crippen molar-refractivity contribution < 1.29 is 4.79 Å². The van der Waals surface area contributed by atoms with Gasteiger partial charge >= 0.3 is 0 Å². The van der Waals surface area contributed by atoms with E-state index in [4.69, 9.17) is 0 Å². The number of carbonyl (C=O) groups is 1. The Hall–Kier alpha value is -2.34. The molecule has 6 heteroatoms. The average Bonchev–Trinajstić information content (AvgIpc) is 3.17. The highest BCUT2D eigenvalue weighted by atomic mass is 32.1. The summed E-state index contributed by atoms with van der Waals surface area (Å²) < 4.78 is 0. The third-order valence-corrected chi connectivity index (χ3v) is 5.29. The van der Waals surface area contributed by atoms with Gasteiger partial charge in [-0.25, -0.2) is 0 Å². The van der Waals surface area contributed by atoms with Crippen LogP contribution in [0.2, 0.25) is 0 Å². The Labute approximate surface area is 152 Å². The van der Waals surface area contributed by atoms with E-state index in [0.29, 0.717) is 12.5 Å². The number of hydrogen-bond acceptors (Lipinski definition) is 3. The standard InChI is InChI=1S/C19H24N4OS/c1-20-19(21-10-8-17-7-4-12-25-17)22-13-18(24)23-11-9-15-5-2-3-6-16(15)14-23/h2-7,12H,8-11,13-14H2,1H3,(H2,20,21,22). The van der Waals surface area contributed by atoms with Crippen molar-refractivity contribution in [1.82, 2.24) is 15.5 Å². The molecule has 2 N–H and O–H groups in total. The molecule has 0 atom stereocenters. The van der Waals surface area contributed by atoms with E-state index >= 15 is 0 Å². The van der Waals surface area contributed by atoms with Crippen LogP contribution in [0.1, 0.15) is 16.0 Å². The lowest BCUT2D eigenvalue weighted by Gasteiger charge is -2.29. The van der Waals surface area contributed by atoms with Crippen molar-refractivity contribution >= 4 is 23.2 Å². The normalized spacial score (nSPS) is 14.1. The highest BCUT2D eigenvalue weighted by Gasteiger charge is 2.20. The monoisotopic (exact) mass is 356 g/mol. The van der Waals surface area contributed by atoms with Crippen LogP contribution in [0, 0.1) is 0 Å². The molecular formula is C19H24N4OS. The Bertz CT molecular complexity index is 727. The Morgan fingerprint density at radius 2 is 2.04 bits per heavy atom. The lowest BCUT2D eigenvalue weighted by molar-refractivity contribution is -0.130. The fourth-order valence-electron chi connectivity index (χ4n) is 2.96. The SMILES string of the molecule is CN=C(NCCc1cccs1)NCC(=O)N1CCc2ccccc2C1. The second-order valence-electron chi connectivity index (χ2n) is 6.02. The van der Waals surface area contributed by atoms with Crippen LogP contribution in [0.3, 0.4) is 0 Å². The molecule has 5 nitrogen and oxygen atoms in total. The Morgan fingerprint density at radius 1 is 1.20 bits per heavy atom. The molecule has 1 aliphatic heterocycles. The number of nitrogens with zero attached hydrogens (tertiary/aromatic N) is 2. The zero-order valence-corrected chi connectivity index (χ0v) is 15.3. The van der Waals surface area contributed by atoms with Crippen molar-refractivity contribution in [2.24, 2.45) is 4.99 Å². The number of carbonyl (C=O) groups excluding carboxylic acids is 1. The second kappa shape index (κ2) is 8.67. The Kier molecular flexibility index (Phi) is 6.06. The highest BCUT2D eigenvalue weighted by molar-refractivity contribution is 7.09. The molecule has 1 aromatic heterocycles.